The van der Waals surface area contributed by atoms with Crippen molar-refractivity contribution < 1.29 is 14.6 Å². The molecular weight excluding hydrogens is 408 g/mol. The number of carbonyl (C=O) groups excluding carboxylic acids is 1. The molecule has 1 fully saturated rings. The van der Waals surface area contributed by atoms with Crippen LogP contribution in [0.15, 0.2) is 42.5 Å². The van der Waals surface area contributed by atoms with E-state index in [1.807, 2.05) is 12.1 Å². The molecule has 0 spiro atoms. The van der Waals surface area contributed by atoms with Crippen molar-refractivity contribution >= 4 is 16.9 Å². The lowest BCUT2D eigenvalue weighted by molar-refractivity contribution is 0.0342. The van der Waals surface area contributed by atoms with Gasteiger partial charge >= 0.3 is 0 Å². The minimum Gasteiger partial charge on any atom is -0.504 e. The predicted octanol–water partition coefficient (Wildman–Crippen LogP) is 2.27. The number of nitrogens with two attached hydrogens (primary N) is 1. The maximum absolute atomic E-state index is 11.5. The van der Waals surface area contributed by atoms with Crippen LogP contribution in [0.25, 0.3) is 33.8 Å². The van der Waals surface area contributed by atoms with Crippen molar-refractivity contribution in [2.75, 3.05) is 26.3 Å². The van der Waals surface area contributed by atoms with E-state index in [0.717, 1.165) is 38.4 Å². The summed E-state index contributed by atoms with van der Waals surface area (Å²) in [6.07, 6.45) is 0. The third-order valence-corrected chi connectivity index (χ3v) is 5.75. The molecule has 4 N–H and O–H groups in total. The largest absolute Gasteiger partial charge is 0.504 e. The van der Waals surface area contributed by atoms with Crippen molar-refractivity contribution in [2.24, 2.45) is 12.8 Å². The number of primary amides is 1. The fourth-order valence-corrected chi connectivity index (χ4v) is 4.03. The highest BCUT2D eigenvalue weighted by molar-refractivity contribution is 5.96. The van der Waals surface area contributed by atoms with Gasteiger partial charge in [-0.2, -0.15) is 5.10 Å². The SMILES string of the molecule is Cn1nc(-c2ccc(CN3CCOCC3)cc2)c(O)c1-c1nc2ccc(C(N)=O)cc2[nH]1. The molecular formula is C23H24N6O3. The van der Waals surface area contributed by atoms with Gasteiger partial charge < -0.3 is 20.6 Å². The highest BCUT2D eigenvalue weighted by atomic mass is 16.5. The first-order valence-electron chi connectivity index (χ1n) is 10.4. The van der Waals surface area contributed by atoms with E-state index in [2.05, 4.69) is 32.1 Å². The average Bonchev–Trinajstić information content (AvgIpc) is 3.34. The summed E-state index contributed by atoms with van der Waals surface area (Å²) in [7, 11) is 1.76. The van der Waals surface area contributed by atoms with Gasteiger partial charge in [0.15, 0.2) is 11.6 Å². The van der Waals surface area contributed by atoms with Gasteiger partial charge in [-0.3, -0.25) is 14.4 Å². The first-order valence-corrected chi connectivity index (χ1v) is 10.4. The van der Waals surface area contributed by atoms with Crippen LogP contribution in [0.5, 0.6) is 5.75 Å². The molecule has 0 radical (unpaired) electrons. The van der Waals surface area contributed by atoms with Crippen LogP contribution < -0.4 is 5.73 Å². The second-order valence-corrected chi connectivity index (χ2v) is 7.94. The summed E-state index contributed by atoms with van der Waals surface area (Å²) in [6.45, 7) is 4.28. The van der Waals surface area contributed by atoms with Crippen LogP contribution in [0.4, 0.5) is 0 Å². The quantitative estimate of drug-likeness (QED) is 0.445. The number of amides is 1. The van der Waals surface area contributed by atoms with Gasteiger partial charge in [-0.25, -0.2) is 4.98 Å². The summed E-state index contributed by atoms with van der Waals surface area (Å²) >= 11 is 0. The molecule has 2 aromatic heterocycles. The lowest BCUT2D eigenvalue weighted by Crippen LogP contribution is -2.35. The van der Waals surface area contributed by atoms with Crippen molar-refractivity contribution in [2.45, 2.75) is 6.54 Å². The zero-order chi connectivity index (χ0) is 22.2. The van der Waals surface area contributed by atoms with E-state index < -0.39 is 5.91 Å². The summed E-state index contributed by atoms with van der Waals surface area (Å²) in [5.74, 6) is -0.00213. The number of nitrogens with zero attached hydrogens (tertiary/aromatic N) is 4. The Balaban J connectivity index is 1.44. The molecule has 2 aromatic carbocycles. The number of carbonyl (C=O) groups is 1. The maximum Gasteiger partial charge on any atom is 0.248 e. The van der Waals surface area contributed by atoms with Crippen LogP contribution in [0.2, 0.25) is 0 Å². The molecule has 1 aliphatic rings. The molecule has 0 aliphatic carbocycles. The van der Waals surface area contributed by atoms with E-state index in [-0.39, 0.29) is 5.75 Å². The third-order valence-electron chi connectivity index (χ3n) is 5.75. The van der Waals surface area contributed by atoms with E-state index in [4.69, 9.17) is 10.5 Å². The fourth-order valence-electron chi connectivity index (χ4n) is 4.03. The predicted molar refractivity (Wildman–Crippen MR) is 120 cm³/mol. The van der Waals surface area contributed by atoms with Gasteiger partial charge in [0.05, 0.1) is 24.2 Å². The number of hydrogen-bond acceptors (Lipinski definition) is 6. The van der Waals surface area contributed by atoms with E-state index >= 15 is 0 Å². The minimum atomic E-state index is -0.509. The van der Waals surface area contributed by atoms with Crippen molar-refractivity contribution in [3.05, 3.63) is 53.6 Å². The van der Waals surface area contributed by atoms with E-state index in [9.17, 15) is 9.90 Å². The molecule has 9 heteroatoms. The Bertz CT molecular complexity index is 1290. The van der Waals surface area contributed by atoms with Gasteiger partial charge in [0.2, 0.25) is 5.91 Å². The molecule has 3 heterocycles. The molecule has 5 rings (SSSR count). The number of aryl methyl sites for hydroxylation is 1. The van der Waals surface area contributed by atoms with Gasteiger partial charge in [-0.05, 0) is 23.8 Å². The molecule has 1 amide bonds. The smallest absolute Gasteiger partial charge is 0.248 e. The molecule has 32 heavy (non-hydrogen) atoms. The van der Waals surface area contributed by atoms with Gasteiger partial charge in [0, 0.05) is 37.8 Å². The number of nitrogens with one attached hydrogen (secondary N) is 1. The van der Waals surface area contributed by atoms with E-state index in [1.54, 1.807) is 29.9 Å². The van der Waals surface area contributed by atoms with Crippen molar-refractivity contribution in [3.63, 3.8) is 0 Å². The molecule has 164 valence electrons. The number of fused-ring (bicyclic) bond motifs is 1. The summed E-state index contributed by atoms with van der Waals surface area (Å²) in [4.78, 5) is 21.5. The highest BCUT2D eigenvalue weighted by Gasteiger charge is 2.21. The number of morpholine rings is 1. The zero-order valence-electron chi connectivity index (χ0n) is 17.7. The standard InChI is InChI=1S/C23H24N6O3/c1-28-20(23-25-17-7-6-16(22(24)31)12-18(17)26-23)21(30)19(27-28)15-4-2-14(3-5-15)13-29-8-10-32-11-9-29/h2-7,12,30H,8-11,13H2,1H3,(H2,24,31)(H,25,26). The number of benzene rings is 2. The van der Waals surface area contributed by atoms with Crippen LogP contribution in [0, 0.1) is 0 Å². The summed E-state index contributed by atoms with van der Waals surface area (Å²) in [5, 5.41) is 15.5. The first kappa shape index (κ1) is 20.2. The number of aromatic hydroxyl groups is 1. The Morgan fingerprint density at radius 3 is 2.66 bits per heavy atom. The topological polar surface area (TPSA) is 122 Å². The normalized spacial score (nSPS) is 14.8. The number of hydrogen-bond donors (Lipinski definition) is 3. The monoisotopic (exact) mass is 432 g/mol. The molecule has 0 saturated carbocycles. The second-order valence-electron chi connectivity index (χ2n) is 7.94. The Morgan fingerprint density at radius 1 is 1.19 bits per heavy atom. The van der Waals surface area contributed by atoms with Gasteiger partial charge in [-0.1, -0.05) is 24.3 Å². The highest BCUT2D eigenvalue weighted by Crippen LogP contribution is 2.37. The lowest BCUT2D eigenvalue weighted by Gasteiger charge is -2.26. The Kier molecular flexibility index (Phi) is 5.12. The van der Waals surface area contributed by atoms with Crippen LogP contribution in [0.1, 0.15) is 15.9 Å². The fraction of sp³-hybridized carbons (Fsp3) is 0.261. The summed E-state index contributed by atoms with van der Waals surface area (Å²) in [5.41, 5.74) is 10.1. The van der Waals surface area contributed by atoms with E-state index in [0.29, 0.717) is 33.8 Å². The van der Waals surface area contributed by atoms with E-state index in [1.165, 1.54) is 5.56 Å². The number of imidazole rings is 1. The molecule has 1 aliphatic heterocycles. The molecule has 0 atom stereocenters. The average molecular weight is 432 g/mol. The molecule has 9 nitrogen and oxygen atoms in total. The van der Waals surface area contributed by atoms with Crippen LogP contribution >= 0.6 is 0 Å². The van der Waals surface area contributed by atoms with Gasteiger partial charge in [0.25, 0.3) is 0 Å². The van der Waals surface area contributed by atoms with Crippen LogP contribution in [-0.2, 0) is 18.3 Å². The Hall–Kier alpha value is -3.69. The zero-order valence-corrected chi connectivity index (χ0v) is 17.7. The number of aromatic nitrogens is 4. The molecule has 1 saturated heterocycles. The van der Waals surface area contributed by atoms with Gasteiger partial charge in [-0.15, -0.1) is 0 Å². The van der Waals surface area contributed by atoms with Crippen molar-refractivity contribution in [3.8, 4) is 28.5 Å². The number of rotatable bonds is 5. The van der Waals surface area contributed by atoms with Gasteiger partial charge in [0.1, 0.15) is 11.4 Å². The molecule has 0 unspecified atom stereocenters. The molecule has 4 aromatic rings. The first-order chi connectivity index (χ1) is 15.5. The second kappa shape index (κ2) is 8.10. The number of aromatic amines is 1. The number of H-pyrrole nitrogens is 1. The van der Waals surface area contributed by atoms with Crippen molar-refractivity contribution in [1.29, 1.82) is 0 Å². The maximum atomic E-state index is 11.5. The van der Waals surface area contributed by atoms with Crippen molar-refractivity contribution in [1.82, 2.24) is 24.6 Å². The Morgan fingerprint density at radius 2 is 1.94 bits per heavy atom. The Labute approximate surface area is 184 Å². The van der Waals surface area contributed by atoms with Crippen LogP contribution in [-0.4, -0.2) is 62.0 Å². The number of ether oxygens (including phenoxy) is 1. The lowest BCUT2D eigenvalue weighted by atomic mass is 10.1. The molecule has 0 bridgehead atoms. The van der Waals surface area contributed by atoms with Crippen LogP contribution in [0.3, 0.4) is 0 Å². The third kappa shape index (κ3) is 3.72. The summed E-state index contributed by atoms with van der Waals surface area (Å²) < 4.78 is 7.00. The summed E-state index contributed by atoms with van der Waals surface area (Å²) in [6, 6.07) is 13.1. The minimum absolute atomic E-state index is 0.0441.